The highest BCUT2D eigenvalue weighted by atomic mass is 79.9. The van der Waals surface area contributed by atoms with Gasteiger partial charge in [-0.15, -0.1) is 0 Å². The van der Waals surface area contributed by atoms with Crippen LogP contribution in [-0.4, -0.2) is 25.5 Å². The molecular weight excluding hydrogens is 476 g/mol. The second-order valence-corrected chi connectivity index (χ2v) is 7.95. The highest BCUT2D eigenvalue weighted by Gasteiger charge is 2.12. The van der Waals surface area contributed by atoms with Crippen LogP contribution in [0.15, 0.2) is 35.1 Å². The van der Waals surface area contributed by atoms with Crippen molar-refractivity contribution in [1.29, 1.82) is 0 Å². The van der Waals surface area contributed by atoms with E-state index in [9.17, 15) is 4.79 Å². The first-order valence-corrected chi connectivity index (χ1v) is 9.91. The zero-order valence-electron chi connectivity index (χ0n) is 14.2. The maximum Gasteiger partial charge on any atom is 0.227 e. The summed E-state index contributed by atoms with van der Waals surface area (Å²) in [5, 5.41) is 12.9. The van der Waals surface area contributed by atoms with E-state index in [1.807, 2.05) is 13.0 Å². The van der Waals surface area contributed by atoms with Gasteiger partial charge in [0, 0.05) is 12.6 Å². The van der Waals surface area contributed by atoms with Crippen LogP contribution >= 0.6 is 50.7 Å². The van der Waals surface area contributed by atoms with Crippen LogP contribution in [0.1, 0.15) is 17.7 Å². The van der Waals surface area contributed by atoms with Gasteiger partial charge >= 0.3 is 0 Å². The number of anilines is 1. The molecule has 0 fully saturated rings. The largest absolute Gasteiger partial charge is 0.308 e. The number of nitrogens with one attached hydrogen (secondary N) is 1. The molecule has 0 atom stereocenters. The number of rotatable bonds is 6. The maximum atomic E-state index is 12.2. The Bertz CT molecular complexity index is 985. The van der Waals surface area contributed by atoms with E-state index in [-0.39, 0.29) is 12.3 Å². The van der Waals surface area contributed by atoms with Gasteiger partial charge in [-0.1, -0.05) is 40.9 Å². The molecule has 3 rings (SSSR count). The summed E-state index contributed by atoms with van der Waals surface area (Å²) in [5.41, 5.74) is 1.78. The highest BCUT2D eigenvalue weighted by Crippen LogP contribution is 2.25. The Morgan fingerprint density at radius 2 is 2.00 bits per heavy atom. The fourth-order valence-corrected chi connectivity index (χ4v) is 3.32. The molecule has 0 saturated carbocycles. The minimum absolute atomic E-state index is 0.165. The molecule has 0 spiro atoms. The second kappa shape index (κ2) is 8.65. The lowest BCUT2D eigenvalue weighted by Crippen LogP contribution is -2.16. The summed E-state index contributed by atoms with van der Waals surface area (Å²) in [4.78, 5) is 12.2. The normalized spacial score (nSPS) is 11.0. The van der Waals surface area contributed by atoms with Gasteiger partial charge in [-0.3, -0.25) is 14.2 Å². The molecule has 142 valence electrons. The molecular formula is C17H15BrCl3N5O. The van der Waals surface area contributed by atoms with Crippen molar-refractivity contribution >= 4 is 62.5 Å². The third-order valence-corrected chi connectivity index (χ3v) is 5.59. The van der Waals surface area contributed by atoms with Crippen LogP contribution < -0.4 is 5.32 Å². The molecule has 2 heterocycles. The first-order chi connectivity index (χ1) is 12.8. The molecule has 1 aromatic carbocycles. The van der Waals surface area contributed by atoms with Crippen molar-refractivity contribution in [1.82, 2.24) is 19.6 Å². The number of nitrogens with zero attached hydrogens (tertiary/aromatic N) is 4. The Balaban J connectivity index is 1.61. The summed E-state index contributed by atoms with van der Waals surface area (Å²) in [6.45, 7) is 2.79. The minimum atomic E-state index is -0.165. The zero-order valence-corrected chi connectivity index (χ0v) is 18.1. The Morgan fingerprint density at radius 3 is 2.67 bits per heavy atom. The average molecular weight is 492 g/mol. The molecule has 0 saturated heterocycles. The van der Waals surface area contributed by atoms with Crippen molar-refractivity contribution in [3.63, 3.8) is 0 Å². The summed E-state index contributed by atoms with van der Waals surface area (Å²) in [6.07, 6.45) is 3.61. The van der Waals surface area contributed by atoms with Crippen LogP contribution in [0, 0.1) is 6.92 Å². The summed E-state index contributed by atoms with van der Waals surface area (Å²) in [7, 11) is 0. The number of amides is 1. The van der Waals surface area contributed by atoms with Crippen molar-refractivity contribution in [3.8, 4) is 0 Å². The Hall–Kier alpha value is -1.54. The molecule has 0 aliphatic heterocycles. The van der Waals surface area contributed by atoms with Gasteiger partial charge in [0.15, 0.2) is 5.82 Å². The van der Waals surface area contributed by atoms with E-state index >= 15 is 0 Å². The Labute approximate surface area is 179 Å². The molecule has 0 bridgehead atoms. The quantitative estimate of drug-likeness (QED) is 0.516. The lowest BCUT2D eigenvalue weighted by atomic mass is 10.2. The molecule has 10 heteroatoms. The van der Waals surface area contributed by atoms with Crippen molar-refractivity contribution in [2.75, 3.05) is 5.32 Å². The fraction of sp³-hybridized carbons (Fsp3) is 0.235. The van der Waals surface area contributed by atoms with Gasteiger partial charge < -0.3 is 5.32 Å². The van der Waals surface area contributed by atoms with Crippen LogP contribution in [0.5, 0.6) is 0 Å². The van der Waals surface area contributed by atoms with Crippen molar-refractivity contribution < 1.29 is 4.79 Å². The summed E-state index contributed by atoms with van der Waals surface area (Å²) in [5.74, 6) is 0.289. The van der Waals surface area contributed by atoms with E-state index < -0.39 is 0 Å². The summed E-state index contributed by atoms with van der Waals surface area (Å²) < 4.78 is 4.09. The van der Waals surface area contributed by atoms with Crippen LogP contribution in [0.25, 0.3) is 0 Å². The van der Waals surface area contributed by atoms with Crippen LogP contribution in [0.3, 0.4) is 0 Å². The van der Waals surface area contributed by atoms with Crippen LogP contribution in [0.4, 0.5) is 5.82 Å². The van der Waals surface area contributed by atoms with Gasteiger partial charge in [0.1, 0.15) is 0 Å². The Morgan fingerprint density at radius 1 is 1.22 bits per heavy atom. The standard InChI is InChI=1S/C17H15BrCl3N5O/c1-10-15(21)7-22-26(10)5-4-16(27)23-17-12(18)9-25(24-17)8-11-2-3-13(19)14(20)6-11/h2-3,6-7,9H,4-5,8H2,1H3,(H,23,24,27). The molecule has 1 N–H and O–H groups in total. The molecule has 3 aromatic rings. The monoisotopic (exact) mass is 489 g/mol. The van der Waals surface area contributed by atoms with Crippen LogP contribution in [0.2, 0.25) is 15.1 Å². The van der Waals surface area contributed by atoms with Crippen molar-refractivity contribution in [2.45, 2.75) is 26.4 Å². The number of halogens is 4. The third kappa shape index (κ3) is 5.04. The fourth-order valence-electron chi connectivity index (χ4n) is 2.44. The van der Waals surface area contributed by atoms with Gasteiger partial charge in [0.25, 0.3) is 0 Å². The number of benzene rings is 1. The smallest absolute Gasteiger partial charge is 0.227 e. The molecule has 27 heavy (non-hydrogen) atoms. The third-order valence-electron chi connectivity index (χ3n) is 3.90. The van der Waals surface area contributed by atoms with Gasteiger partial charge in [-0.25, -0.2) is 0 Å². The summed E-state index contributed by atoms with van der Waals surface area (Å²) in [6, 6.07) is 5.40. The van der Waals surface area contributed by atoms with Crippen molar-refractivity contribution in [2.24, 2.45) is 0 Å². The zero-order chi connectivity index (χ0) is 19.6. The van der Waals surface area contributed by atoms with Gasteiger partial charge in [0.05, 0.1) is 44.5 Å². The number of aryl methyl sites for hydroxylation is 1. The molecule has 1 amide bonds. The SMILES string of the molecule is Cc1c(Cl)cnn1CCC(=O)Nc1nn(Cc2ccc(Cl)c(Cl)c2)cc1Br. The van der Waals surface area contributed by atoms with Crippen LogP contribution in [-0.2, 0) is 17.9 Å². The molecule has 2 aromatic heterocycles. The average Bonchev–Trinajstić information content (AvgIpc) is 3.12. The maximum absolute atomic E-state index is 12.2. The lowest BCUT2D eigenvalue weighted by molar-refractivity contribution is -0.116. The number of carbonyl (C=O) groups excluding carboxylic acids is 1. The van der Waals surface area contributed by atoms with E-state index in [0.29, 0.717) is 38.4 Å². The van der Waals surface area contributed by atoms with E-state index in [1.54, 1.807) is 33.9 Å². The number of carbonyl (C=O) groups is 1. The predicted molar refractivity (Wildman–Crippen MR) is 111 cm³/mol. The molecule has 0 aliphatic rings. The Kier molecular flexibility index (Phi) is 6.47. The molecule has 0 radical (unpaired) electrons. The minimum Gasteiger partial charge on any atom is -0.308 e. The molecule has 6 nitrogen and oxygen atoms in total. The van der Waals surface area contributed by atoms with Gasteiger partial charge in [-0.05, 0) is 40.5 Å². The molecule has 0 aliphatic carbocycles. The van der Waals surface area contributed by atoms with Gasteiger partial charge in [0.2, 0.25) is 5.91 Å². The van der Waals surface area contributed by atoms with Gasteiger partial charge in [-0.2, -0.15) is 10.2 Å². The lowest BCUT2D eigenvalue weighted by Gasteiger charge is -2.06. The van der Waals surface area contributed by atoms with E-state index in [4.69, 9.17) is 34.8 Å². The van der Waals surface area contributed by atoms with E-state index in [0.717, 1.165) is 11.3 Å². The first kappa shape index (κ1) is 20.2. The number of aromatic nitrogens is 4. The molecule has 0 unspecified atom stereocenters. The first-order valence-electron chi connectivity index (χ1n) is 7.98. The second-order valence-electron chi connectivity index (χ2n) is 5.87. The number of hydrogen-bond acceptors (Lipinski definition) is 3. The topological polar surface area (TPSA) is 64.7 Å². The highest BCUT2D eigenvalue weighted by molar-refractivity contribution is 9.10. The number of hydrogen-bond donors (Lipinski definition) is 1. The van der Waals surface area contributed by atoms with E-state index in [2.05, 4.69) is 31.4 Å². The summed E-state index contributed by atoms with van der Waals surface area (Å²) >= 11 is 21.4. The van der Waals surface area contributed by atoms with E-state index in [1.165, 1.54) is 0 Å². The van der Waals surface area contributed by atoms with Crippen molar-refractivity contribution in [3.05, 3.63) is 61.4 Å². The predicted octanol–water partition coefficient (Wildman–Crippen LogP) is 5.19.